The molecule has 0 spiro atoms. The molecule has 29 heavy (non-hydrogen) atoms. The van der Waals surface area contributed by atoms with E-state index in [1.807, 2.05) is 43.3 Å². The molecule has 1 saturated heterocycles. The predicted molar refractivity (Wildman–Crippen MR) is 110 cm³/mol. The van der Waals surface area contributed by atoms with Crippen LogP contribution in [0.1, 0.15) is 34.1 Å². The van der Waals surface area contributed by atoms with Gasteiger partial charge in [-0.15, -0.1) is 0 Å². The van der Waals surface area contributed by atoms with Crippen molar-refractivity contribution in [3.63, 3.8) is 0 Å². The zero-order valence-corrected chi connectivity index (χ0v) is 16.9. The van der Waals surface area contributed by atoms with Gasteiger partial charge in [-0.3, -0.25) is 14.5 Å². The van der Waals surface area contributed by atoms with Crippen LogP contribution in [0.3, 0.4) is 0 Å². The normalized spacial score (nSPS) is 17.9. The van der Waals surface area contributed by atoms with E-state index in [1.54, 1.807) is 23.1 Å². The Labute approximate surface area is 169 Å². The molecule has 0 bridgehead atoms. The minimum absolute atomic E-state index is 0.0472. The summed E-state index contributed by atoms with van der Waals surface area (Å²) in [7, 11) is -3.07. The van der Waals surface area contributed by atoms with Gasteiger partial charge in [0.15, 0.2) is 15.5 Å². The fourth-order valence-corrected chi connectivity index (χ4v) is 5.16. The first-order chi connectivity index (χ1) is 13.9. The van der Waals surface area contributed by atoms with E-state index in [0.717, 1.165) is 22.4 Å². The summed E-state index contributed by atoms with van der Waals surface area (Å²) in [5.41, 5.74) is 3.99. The first-order valence-electron chi connectivity index (χ1n) is 9.45. The van der Waals surface area contributed by atoms with Gasteiger partial charge in [0.25, 0.3) is 5.91 Å². The third kappa shape index (κ3) is 4.37. The molecule has 1 aliphatic heterocycles. The van der Waals surface area contributed by atoms with Crippen LogP contribution >= 0.6 is 0 Å². The Morgan fingerprint density at radius 3 is 2.55 bits per heavy atom. The standard InChI is InChI=1S/C21H22N4O3S/c1-15-2-4-17(5-3-15)20-12-19(21(26)23-13-16-6-9-22-10-7-16)24-25(20)18-8-11-29(27,28)14-18/h2-7,9-10,12,18H,8,11,13-14H2,1H3,(H,23,26)/t18-/m0/s1. The number of hydrogen-bond acceptors (Lipinski definition) is 5. The molecule has 3 heterocycles. The molecule has 0 saturated carbocycles. The molecule has 4 rings (SSSR count). The average molecular weight is 410 g/mol. The number of benzene rings is 1. The summed E-state index contributed by atoms with van der Waals surface area (Å²) in [5, 5.41) is 7.36. The second-order valence-electron chi connectivity index (χ2n) is 7.32. The number of nitrogens with one attached hydrogen (secondary N) is 1. The first kappa shape index (κ1) is 19.3. The number of carbonyl (C=O) groups excluding carboxylic acids is 1. The highest BCUT2D eigenvalue weighted by Crippen LogP contribution is 2.30. The van der Waals surface area contributed by atoms with Gasteiger partial charge in [-0.2, -0.15) is 5.10 Å². The van der Waals surface area contributed by atoms with Gasteiger partial charge in [-0.25, -0.2) is 8.42 Å². The molecular formula is C21H22N4O3S. The lowest BCUT2D eigenvalue weighted by atomic mass is 10.1. The minimum Gasteiger partial charge on any atom is -0.347 e. The van der Waals surface area contributed by atoms with E-state index in [-0.39, 0.29) is 29.1 Å². The molecule has 1 aliphatic rings. The lowest BCUT2D eigenvalue weighted by molar-refractivity contribution is 0.0945. The summed E-state index contributed by atoms with van der Waals surface area (Å²) >= 11 is 0. The van der Waals surface area contributed by atoms with Gasteiger partial charge in [-0.1, -0.05) is 29.8 Å². The number of pyridine rings is 1. The monoisotopic (exact) mass is 410 g/mol. The lowest BCUT2D eigenvalue weighted by Crippen LogP contribution is -2.24. The number of aromatic nitrogens is 3. The summed E-state index contributed by atoms with van der Waals surface area (Å²) in [6.07, 6.45) is 3.85. The SMILES string of the molecule is Cc1ccc(-c2cc(C(=O)NCc3ccncc3)nn2[C@H]2CCS(=O)(=O)C2)cc1. The van der Waals surface area contributed by atoms with Crippen molar-refractivity contribution in [3.05, 3.63) is 71.7 Å². The zero-order valence-electron chi connectivity index (χ0n) is 16.1. The number of sulfone groups is 1. The highest BCUT2D eigenvalue weighted by molar-refractivity contribution is 7.91. The van der Waals surface area contributed by atoms with Crippen LogP contribution in [0.25, 0.3) is 11.3 Å². The van der Waals surface area contributed by atoms with Crippen LogP contribution in [0.15, 0.2) is 54.9 Å². The van der Waals surface area contributed by atoms with Crippen molar-refractivity contribution >= 4 is 15.7 Å². The molecule has 8 heteroatoms. The Morgan fingerprint density at radius 1 is 1.17 bits per heavy atom. The third-order valence-corrected chi connectivity index (χ3v) is 6.82. The first-order valence-corrected chi connectivity index (χ1v) is 11.3. The topological polar surface area (TPSA) is 93.9 Å². The molecule has 2 aromatic heterocycles. The van der Waals surface area contributed by atoms with Crippen LogP contribution < -0.4 is 5.32 Å². The van der Waals surface area contributed by atoms with Crippen molar-refractivity contribution in [2.24, 2.45) is 0 Å². The maximum Gasteiger partial charge on any atom is 0.272 e. The molecule has 1 fully saturated rings. The van der Waals surface area contributed by atoms with Crippen LogP contribution in [0.2, 0.25) is 0 Å². The van der Waals surface area contributed by atoms with E-state index >= 15 is 0 Å². The summed E-state index contributed by atoms with van der Waals surface area (Å²) in [6.45, 7) is 2.37. The van der Waals surface area contributed by atoms with Crippen LogP contribution in [-0.2, 0) is 16.4 Å². The maximum absolute atomic E-state index is 12.7. The average Bonchev–Trinajstić information content (AvgIpc) is 3.31. The molecule has 1 amide bonds. The smallest absolute Gasteiger partial charge is 0.272 e. The van der Waals surface area contributed by atoms with Gasteiger partial charge < -0.3 is 5.32 Å². The molecular weight excluding hydrogens is 388 g/mol. The molecule has 3 aromatic rings. The highest BCUT2D eigenvalue weighted by Gasteiger charge is 2.32. The largest absolute Gasteiger partial charge is 0.347 e. The molecule has 0 radical (unpaired) electrons. The molecule has 7 nitrogen and oxygen atoms in total. The van der Waals surface area contributed by atoms with E-state index in [1.165, 1.54) is 0 Å². The van der Waals surface area contributed by atoms with Crippen molar-refractivity contribution in [2.75, 3.05) is 11.5 Å². The fourth-order valence-electron chi connectivity index (χ4n) is 3.47. The number of rotatable bonds is 5. The fraction of sp³-hybridized carbons (Fsp3) is 0.286. The Bertz CT molecular complexity index is 1120. The summed E-state index contributed by atoms with van der Waals surface area (Å²) in [6, 6.07) is 13.0. The molecule has 0 aliphatic carbocycles. The van der Waals surface area contributed by atoms with Gasteiger partial charge >= 0.3 is 0 Å². The second-order valence-corrected chi connectivity index (χ2v) is 9.55. The summed E-state index contributed by atoms with van der Waals surface area (Å²) in [5.74, 6) is -0.102. The van der Waals surface area contributed by atoms with Crippen molar-refractivity contribution in [1.82, 2.24) is 20.1 Å². The predicted octanol–water partition coefficient (Wildman–Crippen LogP) is 2.54. The van der Waals surface area contributed by atoms with Gasteiger partial charge in [0.2, 0.25) is 0 Å². The number of amides is 1. The van der Waals surface area contributed by atoms with E-state index < -0.39 is 9.84 Å². The van der Waals surface area contributed by atoms with Crippen LogP contribution in [0.5, 0.6) is 0 Å². The molecule has 1 atom stereocenters. The molecule has 150 valence electrons. The highest BCUT2D eigenvalue weighted by atomic mass is 32.2. The Hall–Kier alpha value is -3.00. The lowest BCUT2D eigenvalue weighted by Gasteiger charge is -2.13. The third-order valence-electron chi connectivity index (χ3n) is 5.07. The number of carbonyl (C=O) groups is 1. The molecule has 1 N–H and O–H groups in total. The van der Waals surface area contributed by atoms with E-state index in [0.29, 0.717) is 13.0 Å². The van der Waals surface area contributed by atoms with Crippen LogP contribution in [-0.4, -0.2) is 40.6 Å². The van der Waals surface area contributed by atoms with Crippen molar-refractivity contribution in [2.45, 2.75) is 25.9 Å². The van der Waals surface area contributed by atoms with E-state index in [4.69, 9.17) is 0 Å². The molecule has 1 aromatic carbocycles. The second kappa shape index (κ2) is 7.79. The van der Waals surface area contributed by atoms with Crippen molar-refractivity contribution in [3.8, 4) is 11.3 Å². The molecule has 0 unspecified atom stereocenters. The summed E-state index contributed by atoms with van der Waals surface area (Å²) < 4.78 is 25.7. The Balaban J connectivity index is 1.63. The number of aryl methyl sites for hydroxylation is 1. The van der Waals surface area contributed by atoms with Gasteiger partial charge in [0, 0.05) is 18.9 Å². The van der Waals surface area contributed by atoms with Crippen molar-refractivity contribution in [1.29, 1.82) is 0 Å². The number of hydrogen-bond donors (Lipinski definition) is 1. The zero-order chi connectivity index (χ0) is 20.4. The Morgan fingerprint density at radius 2 is 1.90 bits per heavy atom. The van der Waals surface area contributed by atoms with Crippen molar-refractivity contribution < 1.29 is 13.2 Å². The summed E-state index contributed by atoms with van der Waals surface area (Å²) in [4.78, 5) is 16.7. The quantitative estimate of drug-likeness (QED) is 0.698. The van der Waals surface area contributed by atoms with E-state index in [2.05, 4.69) is 15.4 Å². The minimum atomic E-state index is -3.07. The Kier molecular flexibility index (Phi) is 5.19. The van der Waals surface area contributed by atoms with Gasteiger partial charge in [0.1, 0.15) is 0 Å². The maximum atomic E-state index is 12.7. The van der Waals surface area contributed by atoms with Crippen LogP contribution in [0.4, 0.5) is 0 Å². The van der Waals surface area contributed by atoms with E-state index in [9.17, 15) is 13.2 Å². The van der Waals surface area contributed by atoms with Gasteiger partial charge in [-0.05, 0) is 42.7 Å². The van der Waals surface area contributed by atoms with Crippen LogP contribution in [0, 0.1) is 6.92 Å². The van der Waals surface area contributed by atoms with Gasteiger partial charge in [0.05, 0.1) is 23.2 Å². The number of nitrogens with zero attached hydrogens (tertiary/aromatic N) is 3.